The van der Waals surface area contributed by atoms with Crippen molar-refractivity contribution in [3.05, 3.63) is 76.2 Å². The fourth-order valence-electron chi connectivity index (χ4n) is 2.65. The quantitative estimate of drug-likeness (QED) is 0.558. The van der Waals surface area contributed by atoms with Crippen LogP contribution in [0, 0.1) is 0 Å². The summed E-state index contributed by atoms with van der Waals surface area (Å²) in [6, 6.07) is 12.1. The summed E-state index contributed by atoms with van der Waals surface area (Å²) in [6.07, 6.45) is 3.23. The minimum atomic E-state index is 0.145. The zero-order valence-corrected chi connectivity index (χ0v) is 14.9. The van der Waals surface area contributed by atoms with Crippen molar-refractivity contribution >= 4 is 40.1 Å². The predicted molar refractivity (Wildman–Crippen MR) is 101 cm³/mol. The first-order valence-electron chi connectivity index (χ1n) is 7.77. The summed E-state index contributed by atoms with van der Waals surface area (Å²) >= 11 is 12.5. The van der Waals surface area contributed by atoms with Crippen LogP contribution in [0.1, 0.15) is 5.56 Å². The molecular weight excluding hydrogens is 373 g/mol. The van der Waals surface area contributed by atoms with Gasteiger partial charge >= 0.3 is 0 Å². The van der Waals surface area contributed by atoms with Gasteiger partial charge in [0.1, 0.15) is 11.3 Å². The van der Waals surface area contributed by atoms with Crippen LogP contribution in [0.25, 0.3) is 11.2 Å². The van der Waals surface area contributed by atoms with E-state index >= 15 is 0 Å². The van der Waals surface area contributed by atoms with Crippen molar-refractivity contribution in [2.24, 2.45) is 4.99 Å². The van der Waals surface area contributed by atoms with Gasteiger partial charge in [-0.05, 0) is 24.3 Å². The summed E-state index contributed by atoms with van der Waals surface area (Å²) in [7, 11) is 0. The second-order valence-electron chi connectivity index (χ2n) is 5.63. The number of hydrogen-bond acceptors (Lipinski definition) is 4. The highest BCUT2D eigenvalue weighted by molar-refractivity contribution is 6.36. The van der Waals surface area contributed by atoms with E-state index in [1.165, 1.54) is 0 Å². The Morgan fingerprint density at radius 3 is 2.62 bits per heavy atom. The van der Waals surface area contributed by atoms with Crippen LogP contribution in [0.4, 0.5) is 5.69 Å². The van der Waals surface area contributed by atoms with Gasteiger partial charge in [0, 0.05) is 21.7 Å². The number of aromatic nitrogens is 4. The molecule has 2 aromatic carbocycles. The average Bonchev–Trinajstić information content (AvgIpc) is 3.10. The lowest BCUT2D eigenvalue weighted by atomic mass is 10.2. The third-order valence-corrected chi connectivity index (χ3v) is 4.60. The molecule has 0 saturated carbocycles. The lowest BCUT2D eigenvalue weighted by molar-refractivity contribution is 0.475. The summed E-state index contributed by atoms with van der Waals surface area (Å²) in [4.78, 5) is 16.3. The molecule has 4 rings (SSSR count). The number of rotatable bonds is 3. The number of hydrogen-bond donors (Lipinski definition) is 2. The maximum Gasteiger partial charge on any atom is 0.181 e. The topological polar surface area (TPSA) is 79.1 Å². The third-order valence-electron chi connectivity index (χ3n) is 3.89. The molecule has 2 N–H and O–H groups in total. The lowest BCUT2D eigenvalue weighted by Gasteiger charge is -2.10. The van der Waals surface area contributed by atoms with E-state index in [-0.39, 0.29) is 5.75 Å². The molecule has 0 radical (unpaired) electrons. The molecule has 0 aliphatic rings. The fourth-order valence-corrected chi connectivity index (χ4v) is 3.17. The van der Waals surface area contributed by atoms with E-state index in [1.54, 1.807) is 55.1 Å². The van der Waals surface area contributed by atoms with Crippen molar-refractivity contribution in [3.8, 4) is 5.75 Å². The van der Waals surface area contributed by atoms with E-state index in [2.05, 4.69) is 19.9 Å². The number of imidazole rings is 1. The predicted octanol–water partition coefficient (Wildman–Crippen LogP) is 4.05. The van der Waals surface area contributed by atoms with Crippen molar-refractivity contribution in [2.45, 2.75) is 6.54 Å². The van der Waals surface area contributed by atoms with Crippen LogP contribution in [0.2, 0.25) is 10.0 Å². The minimum Gasteiger partial charge on any atom is -0.508 e. The van der Waals surface area contributed by atoms with Crippen LogP contribution < -0.4 is 5.49 Å². The first-order valence-corrected chi connectivity index (χ1v) is 8.52. The van der Waals surface area contributed by atoms with Gasteiger partial charge in [0.25, 0.3) is 0 Å². The Kier molecular flexibility index (Phi) is 4.36. The highest BCUT2D eigenvalue weighted by atomic mass is 35.5. The van der Waals surface area contributed by atoms with Gasteiger partial charge in [-0.2, -0.15) is 0 Å². The van der Waals surface area contributed by atoms with Crippen LogP contribution in [-0.2, 0) is 6.54 Å². The molecule has 8 heteroatoms. The van der Waals surface area contributed by atoms with Crippen LogP contribution in [0.15, 0.2) is 60.1 Å². The molecule has 6 nitrogen and oxygen atoms in total. The Morgan fingerprint density at radius 2 is 1.85 bits per heavy atom. The van der Waals surface area contributed by atoms with Crippen molar-refractivity contribution in [2.75, 3.05) is 0 Å². The molecule has 0 fully saturated rings. The van der Waals surface area contributed by atoms with Gasteiger partial charge in [-0.25, -0.2) is 15.0 Å². The normalized spacial score (nSPS) is 12.0. The van der Waals surface area contributed by atoms with Crippen molar-refractivity contribution in [1.29, 1.82) is 0 Å². The van der Waals surface area contributed by atoms with E-state index < -0.39 is 0 Å². The maximum atomic E-state index is 9.59. The molecule has 0 aliphatic carbocycles. The molecule has 0 bridgehead atoms. The molecule has 0 amide bonds. The van der Waals surface area contributed by atoms with Gasteiger partial charge in [-0.3, -0.25) is 0 Å². The van der Waals surface area contributed by atoms with Gasteiger partial charge in [0.2, 0.25) is 0 Å². The Hall–Kier alpha value is -2.83. The number of nitrogens with zero attached hydrogens (tertiary/aromatic N) is 4. The Balaban J connectivity index is 1.82. The molecular formula is C18H13Cl2N5O. The molecule has 26 heavy (non-hydrogen) atoms. The van der Waals surface area contributed by atoms with Crippen molar-refractivity contribution in [3.63, 3.8) is 0 Å². The molecule has 130 valence electrons. The Morgan fingerprint density at radius 1 is 1.08 bits per heavy atom. The highest BCUT2D eigenvalue weighted by Gasteiger charge is 2.10. The van der Waals surface area contributed by atoms with Gasteiger partial charge < -0.3 is 14.7 Å². The summed E-state index contributed by atoms with van der Waals surface area (Å²) in [5.74, 6) is 0.145. The number of benzene rings is 2. The lowest BCUT2D eigenvalue weighted by Crippen LogP contribution is -2.14. The SMILES string of the molecule is Oc1cccc(N=c2ncn(Cc3c(Cl)cccc3Cl)c3nc[nH]c23)c1. The summed E-state index contributed by atoms with van der Waals surface area (Å²) in [5.41, 5.74) is 3.23. The van der Waals surface area contributed by atoms with Crippen molar-refractivity contribution in [1.82, 2.24) is 19.5 Å². The van der Waals surface area contributed by atoms with E-state index in [1.807, 2.05) is 4.57 Å². The summed E-state index contributed by atoms with van der Waals surface area (Å²) in [6.45, 7) is 0.430. The summed E-state index contributed by atoms with van der Waals surface area (Å²) in [5, 5.41) is 10.8. The van der Waals surface area contributed by atoms with Crippen LogP contribution in [-0.4, -0.2) is 24.6 Å². The number of phenols is 1. The average molecular weight is 386 g/mol. The van der Waals surface area contributed by atoms with Crippen LogP contribution >= 0.6 is 23.2 Å². The molecule has 4 aromatic rings. The van der Waals surface area contributed by atoms with Crippen molar-refractivity contribution < 1.29 is 5.11 Å². The van der Waals surface area contributed by atoms with Gasteiger partial charge in [-0.1, -0.05) is 35.3 Å². The largest absolute Gasteiger partial charge is 0.508 e. The number of aromatic amines is 1. The fraction of sp³-hybridized carbons (Fsp3) is 0.0556. The van der Waals surface area contributed by atoms with Gasteiger partial charge in [0.05, 0.1) is 24.9 Å². The number of aromatic hydroxyl groups is 1. The third kappa shape index (κ3) is 3.16. The first-order chi connectivity index (χ1) is 12.6. The monoisotopic (exact) mass is 385 g/mol. The molecule has 0 saturated heterocycles. The van der Waals surface area contributed by atoms with Gasteiger partial charge in [0.15, 0.2) is 11.1 Å². The molecule has 0 atom stereocenters. The van der Waals surface area contributed by atoms with Gasteiger partial charge in [-0.15, -0.1) is 0 Å². The second kappa shape index (κ2) is 6.82. The standard InChI is InChI=1S/C18H13Cl2N5O/c19-14-5-2-6-15(20)13(14)8-25-10-23-17(16-18(25)22-9-21-16)24-11-3-1-4-12(26)7-11/h1-7,9-10,26H,8H2,(H,21,22). The zero-order chi connectivity index (χ0) is 18.1. The van der Waals surface area contributed by atoms with E-state index in [9.17, 15) is 5.11 Å². The van der Waals surface area contributed by atoms with E-state index in [0.717, 1.165) is 5.56 Å². The zero-order valence-electron chi connectivity index (χ0n) is 13.4. The van der Waals surface area contributed by atoms with Crippen LogP contribution in [0.5, 0.6) is 5.75 Å². The Labute approximate surface area is 158 Å². The highest BCUT2D eigenvalue weighted by Crippen LogP contribution is 2.25. The summed E-state index contributed by atoms with van der Waals surface area (Å²) < 4.78 is 1.85. The number of phenolic OH excluding ortho intramolecular Hbond substituents is 1. The molecule has 2 heterocycles. The maximum absolute atomic E-state index is 9.59. The second-order valence-corrected chi connectivity index (χ2v) is 6.44. The van der Waals surface area contributed by atoms with Crippen LogP contribution in [0.3, 0.4) is 0 Å². The minimum absolute atomic E-state index is 0.145. The molecule has 0 unspecified atom stereocenters. The number of H-pyrrole nitrogens is 1. The number of nitrogens with one attached hydrogen (secondary N) is 1. The molecule has 0 spiro atoms. The smallest absolute Gasteiger partial charge is 0.181 e. The molecule has 0 aliphatic heterocycles. The number of fused-ring (bicyclic) bond motifs is 1. The van der Waals surface area contributed by atoms with E-state index in [4.69, 9.17) is 23.2 Å². The Bertz CT molecular complexity index is 1150. The first kappa shape index (κ1) is 16.6. The van der Waals surface area contributed by atoms with E-state index in [0.29, 0.717) is 38.9 Å². The molecule has 2 aromatic heterocycles. The number of halogens is 2.